The lowest BCUT2D eigenvalue weighted by atomic mass is 10.0. The first-order chi connectivity index (χ1) is 57.0. The van der Waals surface area contributed by atoms with Crippen molar-refractivity contribution in [1.29, 1.82) is 0 Å². The molecule has 630 valence electrons. The number of carbonyl (C=O) groups is 6. The van der Waals surface area contributed by atoms with Gasteiger partial charge >= 0.3 is 17.9 Å². The van der Waals surface area contributed by atoms with Gasteiger partial charge < -0.3 is 57.3 Å². The van der Waals surface area contributed by atoms with Gasteiger partial charge in [0.15, 0.2) is 0 Å². The number of hydrogen-bond acceptors (Lipinski definition) is 15. The zero-order valence-electron chi connectivity index (χ0n) is 64.5. The van der Waals surface area contributed by atoms with Crippen LogP contribution in [0.4, 0.5) is 21.5 Å². The van der Waals surface area contributed by atoms with Crippen LogP contribution in [-0.4, -0.2) is 162 Å². The third-order valence-electron chi connectivity index (χ3n) is 20.6. The molecule has 0 saturated carbocycles. The van der Waals surface area contributed by atoms with Crippen molar-refractivity contribution in [1.82, 2.24) is 28.4 Å². The second-order valence-corrected chi connectivity index (χ2v) is 30.5. The molecule has 9 aromatic carbocycles. The number of pyridine rings is 3. The largest absolute Gasteiger partial charge is 0.462 e. The van der Waals surface area contributed by atoms with Crippen LogP contribution in [-0.2, 0) is 33.8 Å². The van der Waals surface area contributed by atoms with E-state index in [0.717, 1.165) is 16.7 Å². The summed E-state index contributed by atoms with van der Waals surface area (Å²) >= 11 is 37.4. The Morgan fingerprint density at radius 2 is 0.595 bits per heavy atom. The number of esters is 3. The molecule has 0 bridgehead atoms. The van der Waals surface area contributed by atoms with Crippen molar-refractivity contribution < 1.29 is 47.4 Å². The molecule has 121 heavy (non-hydrogen) atoms. The molecule has 3 aliphatic heterocycles. The Labute approximate surface area is 731 Å². The number of hydrogen-bond donors (Lipinski definition) is 0. The maximum atomic E-state index is 14.0. The standard InChI is InChI=1S/C30H26Cl3N3O4.C30H27Cl2N3O4.C30H27ClFN3O4.3CH4/c1-2-40-30(39)26-27(34-12-14-35(15-13-34)28(37)20-8-10-23(32)24(33)16-20)22-17-21(31)9-11-25(22)36(29(26)38)18-19-6-4-3-5-7-19;1-2-39-30(38)26-27(33-14-16-34(17-15-33)28(36)21-8-10-22(31)11-9-21)24-18-23(32)12-13-25(24)35(29(26)37)19-20-6-4-3-5-7-20;1-2-39-30(38)26-27(33-14-16-34(17-15-33)28(36)21-8-11-23(32)12-9-21)24-18-22(31)10-13-25(24)35(29(26)37)19-20-6-4-3-5-7-20;;;/h3-11,16-17H,2,12-15,18H2,1H3;2*3-13,18H,2,14-17,19H2,1H3;3*1H4. The first-order valence-corrected chi connectivity index (χ1v) is 40.6. The van der Waals surface area contributed by atoms with E-state index in [0.29, 0.717) is 175 Å². The minimum Gasteiger partial charge on any atom is -0.462 e. The molecule has 21 nitrogen and oxygen atoms in total. The van der Waals surface area contributed by atoms with Gasteiger partial charge in [-0.1, -0.05) is 183 Å². The lowest BCUT2D eigenvalue weighted by Crippen LogP contribution is -2.49. The summed E-state index contributed by atoms with van der Waals surface area (Å²) in [6.07, 6.45) is 0. The van der Waals surface area contributed by atoms with Gasteiger partial charge in [-0.05, 0) is 159 Å². The lowest BCUT2D eigenvalue weighted by molar-refractivity contribution is 0.0514. The molecule has 12 aromatic rings. The smallest absolute Gasteiger partial charge is 0.345 e. The zero-order valence-corrected chi connectivity index (χ0v) is 69.0. The van der Waals surface area contributed by atoms with Gasteiger partial charge in [-0.3, -0.25) is 28.8 Å². The Balaban J connectivity index is 0.000000188. The Kier molecular flexibility index (Phi) is 31.6. The Morgan fingerprint density at radius 3 is 0.884 bits per heavy atom. The Bertz CT molecular complexity index is 5720. The van der Waals surface area contributed by atoms with E-state index in [1.165, 1.54) is 24.3 Å². The molecule has 3 saturated heterocycles. The monoisotopic (exact) mass is 1760 g/mol. The van der Waals surface area contributed by atoms with Gasteiger partial charge in [-0.2, -0.15) is 0 Å². The Morgan fingerprint density at radius 1 is 0.322 bits per heavy atom. The predicted molar refractivity (Wildman–Crippen MR) is 483 cm³/mol. The molecule has 0 N–H and O–H groups in total. The predicted octanol–water partition coefficient (Wildman–Crippen LogP) is 18.5. The highest BCUT2D eigenvalue weighted by Crippen LogP contribution is 2.38. The normalized spacial score (nSPS) is 13.2. The maximum Gasteiger partial charge on any atom is 0.345 e. The lowest BCUT2D eigenvalue weighted by Gasteiger charge is -2.37. The molecule has 15 rings (SSSR count). The van der Waals surface area contributed by atoms with Gasteiger partial charge in [0.05, 0.1) is 83.1 Å². The number of ether oxygens (including phenoxy) is 3. The van der Waals surface area contributed by atoms with Crippen LogP contribution >= 0.6 is 69.6 Å². The fraction of sp³-hybridized carbons (Fsp3) is 0.258. The molecule has 0 unspecified atom stereocenters. The summed E-state index contributed by atoms with van der Waals surface area (Å²) in [4.78, 5) is 132. The van der Waals surface area contributed by atoms with Crippen LogP contribution < -0.4 is 31.4 Å². The second-order valence-electron chi connectivity index (χ2n) is 27.9. The van der Waals surface area contributed by atoms with Crippen LogP contribution in [0.1, 0.15) is 122 Å². The summed E-state index contributed by atoms with van der Waals surface area (Å²) in [5.74, 6) is -2.95. The van der Waals surface area contributed by atoms with E-state index in [2.05, 4.69) is 0 Å². The molecular weight excluding hydrogens is 1670 g/mol. The van der Waals surface area contributed by atoms with Crippen molar-refractivity contribution in [3.8, 4) is 0 Å². The van der Waals surface area contributed by atoms with Crippen LogP contribution in [0.3, 0.4) is 0 Å². The fourth-order valence-corrected chi connectivity index (χ4v) is 15.9. The number of carbonyl (C=O) groups excluding carboxylic acids is 6. The van der Waals surface area contributed by atoms with Crippen molar-refractivity contribution in [2.75, 3.05) is 113 Å². The summed E-state index contributed by atoms with van der Waals surface area (Å²) in [5, 5.41) is 4.67. The number of halogens is 7. The zero-order chi connectivity index (χ0) is 83.4. The summed E-state index contributed by atoms with van der Waals surface area (Å²) in [5.41, 5.74) is 6.05. The molecule has 0 spiro atoms. The summed E-state index contributed by atoms with van der Waals surface area (Å²) < 4.78 is 34.1. The molecule has 3 aromatic heterocycles. The number of amides is 3. The van der Waals surface area contributed by atoms with Gasteiger partial charge in [0.2, 0.25) is 0 Å². The average molecular weight is 1760 g/mol. The summed E-state index contributed by atoms with van der Waals surface area (Å²) in [7, 11) is 0. The molecule has 0 radical (unpaired) electrons. The van der Waals surface area contributed by atoms with E-state index in [4.69, 9.17) is 83.8 Å². The van der Waals surface area contributed by atoms with Crippen molar-refractivity contribution in [3.63, 3.8) is 0 Å². The molecular formula is C93H92Cl6FN9O12. The SMILES string of the molecule is C.C.C.CCOC(=O)c1c(N2CCN(C(=O)c3ccc(Cl)c(Cl)c3)CC2)c2cc(Cl)ccc2n(Cc2ccccc2)c1=O.CCOC(=O)c1c(N2CCN(C(=O)c3ccc(Cl)cc3)CC2)c2cc(Cl)ccc2n(Cc2ccccc2)c1=O.CCOC(=O)c1c(N2CCN(C(=O)c3ccc(F)cc3)CC2)c2cc(Cl)ccc2n(Cc2ccccc2)c1=O. The average Bonchev–Trinajstić information content (AvgIpc) is 0.751. The van der Waals surface area contributed by atoms with E-state index >= 15 is 0 Å². The van der Waals surface area contributed by atoms with Gasteiger partial charge in [0.1, 0.15) is 22.5 Å². The van der Waals surface area contributed by atoms with Crippen molar-refractivity contribution >= 4 is 155 Å². The quantitative estimate of drug-likeness (QED) is 0.0577. The van der Waals surface area contributed by atoms with Crippen LogP contribution in [0, 0.1) is 5.82 Å². The van der Waals surface area contributed by atoms with Crippen LogP contribution in [0.15, 0.2) is 227 Å². The van der Waals surface area contributed by atoms with Gasteiger partial charge in [-0.25, -0.2) is 18.8 Å². The molecule has 3 aliphatic rings. The number of rotatable bonds is 18. The van der Waals surface area contributed by atoms with Crippen LogP contribution in [0.5, 0.6) is 0 Å². The number of aromatic nitrogens is 3. The maximum absolute atomic E-state index is 14.0. The van der Waals surface area contributed by atoms with Crippen LogP contribution in [0.25, 0.3) is 32.7 Å². The van der Waals surface area contributed by atoms with E-state index in [-0.39, 0.29) is 96.1 Å². The van der Waals surface area contributed by atoms with E-state index in [1.807, 2.05) is 106 Å². The van der Waals surface area contributed by atoms with Gasteiger partial charge in [0.25, 0.3) is 34.4 Å². The fourth-order valence-electron chi connectivity index (χ4n) is 14.9. The third kappa shape index (κ3) is 20.8. The number of benzene rings is 9. The van der Waals surface area contributed by atoms with Gasteiger partial charge in [0, 0.05) is 131 Å². The molecule has 3 amide bonds. The number of fused-ring (bicyclic) bond motifs is 3. The van der Waals surface area contributed by atoms with Crippen molar-refractivity contribution in [3.05, 3.63) is 329 Å². The first kappa shape index (κ1) is 91.8. The summed E-state index contributed by atoms with van der Waals surface area (Å²) in [6.45, 7) is 11.0. The minimum atomic E-state index is -0.703. The molecule has 6 heterocycles. The van der Waals surface area contributed by atoms with E-state index in [1.54, 1.807) is 146 Å². The number of piperazine rings is 3. The number of anilines is 3. The van der Waals surface area contributed by atoms with Crippen LogP contribution in [0.2, 0.25) is 30.1 Å². The van der Waals surface area contributed by atoms with Crippen molar-refractivity contribution in [2.45, 2.75) is 62.7 Å². The molecule has 0 aliphatic carbocycles. The van der Waals surface area contributed by atoms with E-state index < -0.39 is 40.4 Å². The summed E-state index contributed by atoms with van der Waals surface area (Å²) in [6, 6.07) is 61.6. The first-order valence-electron chi connectivity index (χ1n) is 38.3. The molecule has 28 heteroatoms. The highest BCUT2D eigenvalue weighted by atomic mass is 35.5. The second kappa shape index (κ2) is 41.7. The highest BCUT2D eigenvalue weighted by molar-refractivity contribution is 6.42. The van der Waals surface area contributed by atoms with Crippen molar-refractivity contribution in [2.24, 2.45) is 0 Å². The third-order valence-corrected chi connectivity index (χ3v) is 22.3. The Hall–Kier alpha value is -11.5. The number of nitrogens with zero attached hydrogens (tertiary/aromatic N) is 9. The van der Waals surface area contributed by atoms with Gasteiger partial charge in [-0.15, -0.1) is 0 Å². The minimum absolute atomic E-state index is 0. The molecule has 0 atom stereocenters. The van der Waals surface area contributed by atoms with E-state index in [9.17, 15) is 47.5 Å². The highest BCUT2D eigenvalue weighted by Gasteiger charge is 2.35. The topological polar surface area (TPSA) is 216 Å². The molecule has 3 fully saturated rings.